The molecule has 1 saturated heterocycles. The third kappa shape index (κ3) is 4.75. The number of carbonyl (C=O) groups is 1. The minimum atomic E-state index is -1.25. The second-order valence-electron chi connectivity index (χ2n) is 8.53. The van der Waals surface area contributed by atoms with Crippen LogP contribution in [0.25, 0.3) is 22.4 Å². The maximum Gasteiger partial charge on any atom is 0.270 e. The van der Waals surface area contributed by atoms with Crippen molar-refractivity contribution in [2.75, 3.05) is 6.61 Å². The summed E-state index contributed by atoms with van der Waals surface area (Å²) in [6.07, 6.45) is 4.20. The average molecular weight is 480 g/mol. The average Bonchev–Trinajstić information content (AvgIpc) is 2.85. The van der Waals surface area contributed by atoms with Gasteiger partial charge in [-0.05, 0) is 51.3 Å². The second-order valence-corrected chi connectivity index (χ2v) is 8.53. The molecule has 0 spiro atoms. The SMILES string of the molecule is CC(C)NC(=O)c1nc(-c2c(F)ccc(C#N)c2F)c(F)c(C2CCCCO2)c1-c1cccnc1. The summed E-state index contributed by atoms with van der Waals surface area (Å²) in [6.45, 7) is 3.86. The lowest BCUT2D eigenvalue weighted by Crippen LogP contribution is -2.32. The number of amides is 1. The van der Waals surface area contributed by atoms with Gasteiger partial charge in [-0.1, -0.05) is 6.07 Å². The molecule has 1 aliphatic rings. The van der Waals surface area contributed by atoms with Crippen LogP contribution in [0.1, 0.15) is 60.8 Å². The van der Waals surface area contributed by atoms with Crippen LogP contribution in [0.4, 0.5) is 13.2 Å². The third-order valence-electron chi connectivity index (χ3n) is 5.71. The van der Waals surface area contributed by atoms with Crippen molar-refractivity contribution >= 4 is 5.91 Å². The zero-order valence-electron chi connectivity index (χ0n) is 19.2. The first kappa shape index (κ1) is 24.4. The molecule has 4 rings (SSSR count). The first-order valence-corrected chi connectivity index (χ1v) is 11.3. The molecule has 1 aromatic carbocycles. The van der Waals surface area contributed by atoms with E-state index in [4.69, 9.17) is 4.74 Å². The largest absolute Gasteiger partial charge is 0.373 e. The van der Waals surface area contributed by atoms with E-state index in [-0.39, 0.29) is 22.9 Å². The Morgan fingerprint density at radius 2 is 1.97 bits per heavy atom. The maximum absolute atomic E-state index is 16.3. The van der Waals surface area contributed by atoms with E-state index in [2.05, 4.69) is 15.3 Å². The quantitative estimate of drug-likeness (QED) is 0.523. The molecular formula is C26H23F3N4O2. The predicted molar refractivity (Wildman–Crippen MR) is 123 cm³/mol. The number of nitrogens with zero attached hydrogens (tertiary/aromatic N) is 3. The molecule has 3 aromatic rings. The third-order valence-corrected chi connectivity index (χ3v) is 5.71. The Balaban J connectivity index is 2.11. The summed E-state index contributed by atoms with van der Waals surface area (Å²) in [5, 5.41) is 11.9. The minimum absolute atomic E-state index is 0.0160. The monoisotopic (exact) mass is 480 g/mol. The fraction of sp³-hybridized carbons (Fsp3) is 0.308. The van der Waals surface area contributed by atoms with Crippen LogP contribution >= 0.6 is 0 Å². The molecule has 0 bridgehead atoms. The van der Waals surface area contributed by atoms with E-state index in [0.29, 0.717) is 18.6 Å². The summed E-state index contributed by atoms with van der Waals surface area (Å²) in [6, 6.07) is 6.46. The van der Waals surface area contributed by atoms with Crippen LogP contribution in [0, 0.1) is 28.8 Å². The molecule has 1 aliphatic heterocycles. The fourth-order valence-electron chi connectivity index (χ4n) is 4.17. The van der Waals surface area contributed by atoms with Gasteiger partial charge in [0.25, 0.3) is 5.91 Å². The van der Waals surface area contributed by atoms with Gasteiger partial charge >= 0.3 is 0 Å². The Hall–Kier alpha value is -3.77. The van der Waals surface area contributed by atoms with Crippen LogP contribution < -0.4 is 5.32 Å². The molecule has 1 fully saturated rings. The Morgan fingerprint density at radius 1 is 1.17 bits per heavy atom. The lowest BCUT2D eigenvalue weighted by Gasteiger charge is -2.27. The molecule has 1 amide bonds. The summed E-state index contributed by atoms with van der Waals surface area (Å²) < 4.78 is 52.1. The first-order valence-electron chi connectivity index (χ1n) is 11.3. The number of pyridine rings is 2. The molecule has 1 atom stereocenters. The number of nitrogens with one attached hydrogen (secondary N) is 1. The van der Waals surface area contributed by atoms with E-state index in [1.54, 1.807) is 32.0 Å². The molecule has 0 aliphatic carbocycles. The van der Waals surface area contributed by atoms with Gasteiger partial charge in [-0.15, -0.1) is 0 Å². The Labute approximate surface area is 200 Å². The van der Waals surface area contributed by atoms with Gasteiger partial charge < -0.3 is 10.1 Å². The summed E-state index contributed by atoms with van der Waals surface area (Å²) in [5.41, 5.74) is -1.64. The molecule has 0 radical (unpaired) electrons. The van der Waals surface area contributed by atoms with E-state index in [0.717, 1.165) is 25.0 Å². The molecule has 9 heteroatoms. The maximum atomic E-state index is 16.3. The van der Waals surface area contributed by atoms with Gasteiger partial charge in [-0.2, -0.15) is 5.26 Å². The van der Waals surface area contributed by atoms with Crippen LogP contribution in [0.15, 0.2) is 36.7 Å². The molecule has 2 aromatic heterocycles. The van der Waals surface area contributed by atoms with Crippen molar-refractivity contribution in [3.63, 3.8) is 0 Å². The number of benzene rings is 1. The lowest BCUT2D eigenvalue weighted by atomic mass is 9.89. The van der Waals surface area contributed by atoms with Crippen molar-refractivity contribution in [3.05, 3.63) is 70.9 Å². The van der Waals surface area contributed by atoms with Gasteiger partial charge in [0.05, 0.1) is 17.2 Å². The van der Waals surface area contributed by atoms with Gasteiger partial charge in [0.2, 0.25) is 0 Å². The highest BCUT2D eigenvalue weighted by molar-refractivity contribution is 6.01. The number of hydrogen-bond donors (Lipinski definition) is 1. The summed E-state index contributed by atoms with van der Waals surface area (Å²) in [7, 11) is 0. The highest BCUT2D eigenvalue weighted by Crippen LogP contribution is 2.42. The zero-order valence-corrected chi connectivity index (χ0v) is 19.2. The summed E-state index contributed by atoms with van der Waals surface area (Å²) in [5.74, 6) is -4.01. The van der Waals surface area contributed by atoms with E-state index in [9.17, 15) is 14.4 Å². The van der Waals surface area contributed by atoms with Crippen LogP contribution in [0.2, 0.25) is 0 Å². The number of carbonyl (C=O) groups excluding carboxylic acids is 1. The number of hydrogen-bond acceptors (Lipinski definition) is 5. The van der Waals surface area contributed by atoms with Gasteiger partial charge in [-0.3, -0.25) is 9.78 Å². The van der Waals surface area contributed by atoms with E-state index in [1.165, 1.54) is 12.4 Å². The number of ether oxygens (including phenoxy) is 1. The highest BCUT2D eigenvalue weighted by atomic mass is 19.1. The van der Waals surface area contributed by atoms with Gasteiger partial charge in [0.1, 0.15) is 23.3 Å². The molecular weight excluding hydrogens is 457 g/mol. The molecule has 6 nitrogen and oxygen atoms in total. The predicted octanol–water partition coefficient (Wildman–Crippen LogP) is 5.48. The van der Waals surface area contributed by atoms with Crippen molar-refractivity contribution in [2.24, 2.45) is 0 Å². The lowest BCUT2D eigenvalue weighted by molar-refractivity contribution is 0.0132. The Morgan fingerprint density at radius 3 is 2.60 bits per heavy atom. The minimum Gasteiger partial charge on any atom is -0.373 e. The normalized spacial score (nSPS) is 15.6. The molecule has 35 heavy (non-hydrogen) atoms. The standard InChI is InChI=1S/C26H23F3N4O2/c1-14(2)32-26(34)25-19(16-6-5-10-31-13-16)21(18-7-3-4-11-35-18)23(29)24(33-25)20-17(27)9-8-15(12-30)22(20)28/h5-6,8-10,13-14,18H,3-4,7,11H2,1-2H3,(H,32,34). The zero-order chi connectivity index (χ0) is 25.1. The summed E-state index contributed by atoms with van der Waals surface area (Å²) >= 11 is 0. The first-order chi connectivity index (χ1) is 16.8. The Kier molecular flexibility index (Phi) is 7.12. The smallest absolute Gasteiger partial charge is 0.270 e. The van der Waals surface area contributed by atoms with Gasteiger partial charge in [0.15, 0.2) is 11.6 Å². The second kappa shape index (κ2) is 10.2. The number of nitriles is 1. The highest BCUT2D eigenvalue weighted by Gasteiger charge is 2.33. The fourth-order valence-corrected chi connectivity index (χ4v) is 4.17. The molecule has 180 valence electrons. The Bertz CT molecular complexity index is 1300. The van der Waals surface area contributed by atoms with E-state index >= 15 is 8.78 Å². The van der Waals surface area contributed by atoms with E-state index < -0.39 is 46.3 Å². The molecule has 1 unspecified atom stereocenters. The van der Waals surface area contributed by atoms with Crippen LogP contribution in [-0.2, 0) is 4.74 Å². The van der Waals surface area contributed by atoms with Gasteiger partial charge in [-0.25, -0.2) is 18.2 Å². The number of rotatable bonds is 5. The number of halogens is 3. The van der Waals surface area contributed by atoms with Crippen molar-refractivity contribution < 1.29 is 22.7 Å². The number of aromatic nitrogens is 2. The molecule has 0 saturated carbocycles. The van der Waals surface area contributed by atoms with Crippen LogP contribution in [0.3, 0.4) is 0 Å². The van der Waals surface area contributed by atoms with Crippen LogP contribution in [0.5, 0.6) is 0 Å². The van der Waals surface area contributed by atoms with Crippen molar-refractivity contribution in [1.29, 1.82) is 5.26 Å². The summed E-state index contributed by atoms with van der Waals surface area (Å²) in [4.78, 5) is 21.5. The topological polar surface area (TPSA) is 87.9 Å². The molecule has 3 heterocycles. The van der Waals surface area contributed by atoms with Gasteiger partial charge in [0, 0.05) is 41.7 Å². The van der Waals surface area contributed by atoms with Crippen molar-refractivity contribution in [2.45, 2.75) is 45.3 Å². The van der Waals surface area contributed by atoms with Crippen LogP contribution in [-0.4, -0.2) is 28.5 Å². The van der Waals surface area contributed by atoms with Crippen molar-refractivity contribution in [3.8, 4) is 28.5 Å². The van der Waals surface area contributed by atoms with Crippen molar-refractivity contribution in [1.82, 2.24) is 15.3 Å². The van der Waals surface area contributed by atoms with E-state index in [1.807, 2.05) is 0 Å². The molecule has 1 N–H and O–H groups in total.